The highest BCUT2D eigenvalue weighted by molar-refractivity contribution is 5.96. The summed E-state index contributed by atoms with van der Waals surface area (Å²) in [5.41, 5.74) is -0.787. The summed E-state index contributed by atoms with van der Waals surface area (Å²) in [6.07, 6.45) is -3.57. The number of alkyl halides is 3. The first-order valence-electron chi connectivity index (χ1n) is 13.7. The molecule has 0 aliphatic heterocycles. The number of carbonyl (C=O) groups excluding carboxylic acids is 1. The summed E-state index contributed by atoms with van der Waals surface area (Å²) in [6.45, 7) is 5.30. The molecule has 1 amide bonds. The Labute approximate surface area is 254 Å². The standard InChI is InChI=1S/C31H30F4N6O4/c1-30(2,3)18-7-6-8-20(11-18)38-26(42)14-41-23-13-19(31(33,34)35)12-21(27(23)40(4)29(41)43)17-9-22(32)28(24(10-17)44-5)45-15-25-36-16-37-39-25/h6-13,16H,14-15H2,1-5H3,(H,38,42)(H,36,37,39). The summed E-state index contributed by atoms with van der Waals surface area (Å²) in [4.78, 5) is 30.4. The Morgan fingerprint density at radius 2 is 1.82 bits per heavy atom. The topological polar surface area (TPSA) is 116 Å². The van der Waals surface area contributed by atoms with Gasteiger partial charge in [-0.3, -0.25) is 19.0 Å². The van der Waals surface area contributed by atoms with Crippen molar-refractivity contribution < 1.29 is 31.8 Å². The molecule has 0 fully saturated rings. The van der Waals surface area contributed by atoms with Crippen molar-refractivity contribution in [3.63, 3.8) is 0 Å². The van der Waals surface area contributed by atoms with Gasteiger partial charge in [-0.2, -0.15) is 18.3 Å². The highest BCUT2D eigenvalue weighted by atomic mass is 19.4. The second-order valence-electron chi connectivity index (χ2n) is 11.4. The lowest BCUT2D eigenvalue weighted by molar-refractivity contribution is -0.137. The van der Waals surface area contributed by atoms with Gasteiger partial charge in [-0.1, -0.05) is 32.9 Å². The van der Waals surface area contributed by atoms with Gasteiger partial charge >= 0.3 is 11.9 Å². The van der Waals surface area contributed by atoms with Crippen LogP contribution in [-0.4, -0.2) is 37.3 Å². The molecule has 0 aliphatic carbocycles. The van der Waals surface area contributed by atoms with E-state index in [1.54, 1.807) is 18.2 Å². The molecule has 0 bridgehead atoms. The molecule has 5 rings (SSSR count). The van der Waals surface area contributed by atoms with E-state index in [1.807, 2.05) is 26.8 Å². The van der Waals surface area contributed by atoms with Crippen molar-refractivity contribution in [3.8, 4) is 22.6 Å². The molecular formula is C31H30F4N6O4. The van der Waals surface area contributed by atoms with Crippen LogP contribution in [0.15, 0.2) is 59.7 Å². The maximum Gasteiger partial charge on any atom is 0.416 e. The van der Waals surface area contributed by atoms with Gasteiger partial charge in [0.25, 0.3) is 0 Å². The Balaban J connectivity index is 1.58. The molecule has 2 heterocycles. The number of fused-ring (bicyclic) bond motifs is 1. The number of methoxy groups -OCH3 is 1. The number of imidazole rings is 1. The van der Waals surface area contributed by atoms with Gasteiger partial charge in [0.05, 0.1) is 23.7 Å². The fraction of sp³-hybridized carbons (Fsp3) is 0.290. The molecule has 45 heavy (non-hydrogen) atoms. The van der Waals surface area contributed by atoms with Crippen LogP contribution in [0.3, 0.4) is 0 Å². The molecule has 0 unspecified atom stereocenters. The second-order valence-corrected chi connectivity index (χ2v) is 11.4. The van der Waals surface area contributed by atoms with E-state index in [-0.39, 0.29) is 45.7 Å². The Morgan fingerprint density at radius 1 is 1.07 bits per heavy atom. The quantitative estimate of drug-likeness (QED) is 0.210. The number of rotatable bonds is 8. The molecule has 5 aromatic rings. The summed E-state index contributed by atoms with van der Waals surface area (Å²) in [7, 11) is 2.62. The number of benzene rings is 3. The van der Waals surface area contributed by atoms with Gasteiger partial charge in [-0.15, -0.1) is 0 Å². The minimum atomic E-state index is -4.82. The zero-order valence-corrected chi connectivity index (χ0v) is 25.0. The lowest BCUT2D eigenvalue weighted by Crippen LogP contribution is -2.28. The normalized spacial score (nSPS) is 12.0. The van der Waals surface area contributed by atoms with Crippen LogP contribution in [0.2, 0.25) is 0 Å². The average Bonchev–Trinajstić information content (AvgIpc) is 3.58. The molecule has 2 aromatic heterocycles. The number of carbonyl (C=O) groups is 1. The van der Waals surface area contributed by atoms with Crippen molar-refractivity contribution in [2.75, 3.05) is 12.4 Å². The monoisotopic (exact) mass is 626 g/mol. The Kier molecular flexibility index (Phi) is 8.17. The number of halogens is 4. The number of hydrogen-bond acceptors (Lipinski definition) is 6. The van der Waals surface area contributed by atoms with Crippen molar-refractivity contribution in [1.29, 1.82) is 0 Å². The Bertz CT molecular complexity index is 1940. The van der Waals surface area contributed by atoms with Crippen LogP contribution >= 0.6 is 0 Å². The number of nitrogens with one attached hydrogen (secondary N) is 2. The largest absolute Gasteiger partial charge is 0.493 e. The summed E-state index contributed by atoms with van der Waals surface area (Å²) < 4.78 is 70.8. The van der Waals surface area contributed by atoms with E-state index in [2.05, 4.69) is 20.5 Å². The summed E-state index contributed by atoms with van der Waals surface area (Å²) in [5, 5.41) is 8.99. The van der Waals surface area contributed by atoms with E-state index in [0.717, 1.165) is 32.9 Å². The number of H-pyrrole nitrogens is 1. The molecule has 0 saturated heterocycles. The number of aromatic amines is 1. The van der Waals surface area contributed by atoms with Crippen molar-refractivity contribution in [1.82, 2.24) is 24.3 Å². The van der Waals surface area contributed by atoms with Gasteiger partial charge in [0.1, 0.15) is 19.5 Å². The smallest absolute Gasteiger partial charge is 0.416 e. The minimum Gasteiger partial charge on any atom is -0.493 e. The summed E-state index contributed by atoms with van der Waals surface area (Å²) in [5.74, 6) is -1.62. The number of nitrogens with zero attached hydrogens (tertiary/aromatic N) is 4. The number of amides is 1. The summed E-state index contributed by atoms with van der Waals surface area (Å²) in [6, 6.07) is 11.1. The molecule has 3 aromatic carbocycles. The highest BCUT2D eigenvalue weighted by Gasteiger charge is 2.33. The fourth-order valence-corrected chi connectivity index (χ4v) is 4.96. The van der Waals surface area contributed by atoms with Gasteiger partial charge in [0.2, 0.25) is 5.91 Å². The molecule has 0 atom stereocenters. The van der Waals surface area contributed by atoms with Crippen LogP contribution in [0.25, 0.3) is 22.2 Å². The SMILES string of the molecule is COc1cc(-c2cc(C(F)(F)F)cc3c2n(C)c(=O)n3CC(=O)Nc2cccc(C(C)(C)C)c2)cc(F)c1OCc1ncn[nH]1. The molecule has 10 nitrogen and oxygen atoms in total. The number of aromatic nitrogens is 5. The van der Waals surface area contributed by atoms with Crippen molar-refractivity contribution in [2.45, 2.75) is 45.5 Å². The molecule has 2 N–H and O–H groups in total. The van der Waals surface area contributed by atoms with Crippen LogP contribution in [-0.2, 0) is 36.6 Å². The van der Waals surface area contributed by atoms with Gasteiger partial charge in [-0.25, -0.2) is 14.2 Å². The lowest BCUT2D eigenvalue weighted by atomic mass is 9.87. The van der Waals surface area contributed by atoms with Crippen molar-refractivity contribution in [2.24, 2.45) is 7.05 Å². The Hall–Kier alpha value is -5.14. The zero-order valence-electron chi connectivity index (χ0n) is 25.0. The third-order valence-electron chi connectivity index (χ3n) is 7.23. The molecular weight excluding hydrogens is 596 g/mol. The second kappa shape index (κ2) is 11.7. The first-order chi connectivity index (χ1) is 21.2. The van der Waals surface area contributed by atoms with Crippen LogP contribution in [0.4, 0.5) is 23.2 Å². The molecule has 14 heteroatoms. The van der Waals surface area contributed by atoms with Crippen LogP contribution < -0.4 is 20.5 Å². The molecule has 0 spiro atoms. The number of anilines is 1. The maximum absolute atomic E-state index is 15.4. The molecule has 0 radical (unpaired) electrons. The average molecular weight is 627 g/mol. The lowest BCUT2D eigenvalue weighted by Gasteiger charge is -2.20. The van der Waals surface area contributed by atoms with E-state index in [1.165, 1.54) is 26.6 Å². The Morgan fingerprint density at radius 3 is 2.47 bits per heavy atom. The minimum absolute atomic E-state index is 0.0105. The fourth-order valence-electron chi connectivity index (χ4n) is 4.96. The summed E-state index contributed by atoms with van der Waals surface area (Å²) >= 11 is 0. The van der Waals surface area contributed by atoms with Crippen molar-refractivity contribution in [3.05, 3.63) is 88.1 Å². The van der Waals surface area contributed by atoms with E-state index in [0.29, 0.717) is 11.5 Å². The highest BCUT2D eigenvalue weighted by Crippen LogP contribution is 2.41. The van der Waals surface area contributed by atoms with E-state index in [9.17, 15) is 22.8 Å². The third kappa shape index (κ3) is 6.40. The van der Waals surface area contributed by atoms with Crippen LogP contribution in [0.1, 0.15) is 37.7 Å². The van der Waals surface area contributed by atoms with E-state index < -0.39 is 35.7 Å². The predicted molar refractivity (Wildman–Crippen MR) is 159 cm³/mol. The number of hydrogen-bond donors (Lipinski definition) is 2. The zero-order chi connectivity index (χ0) is 32.7. The first-order valence-corrected chi connectivity index (χ1v) is 13.7. The predicted octanol–water partition coefficient (Wildman–Crippen LogP) is 5.81. The number of aryl methyl sites for hydroxylation is 1. The van der Waals surface area contributed by atoms with Gasteiger partial charge in [0.15, 0.2) is 23.1 Å². The molecule has 0 aliphatic rings. The van der Waals surface area contributed by atoms with Crippen LogP contribution in [0.5, 0.6) is 11.5 Å². The molecule has 236 valence electrons. The van der Waals surface area contributed by atoms with E-state index in [4.69, 9.17) is 9.47 Å². The van der Waals surface area contributed by atoms with Crippen molar-refractivity contribution >= 4 is 22.6 Å². The third-order valence-corrected chi connectivity index (χ3v) is 7.23. The van der Waals surface area contributed by atoms with E-state index >= 15 is 4.39 Å². The van der Waals surface area contributed by atoms with Gasteiger partial charge < -0.3 is 14.8 Å². The van der Waals surface area contributed by atoms with Gasteiger partial charge in [-0.05, 0) is 52.9 Å². The first kappa shape index (κ1) is 31.3. The number of ether oxygens (including phenoxy) is 2. The van der Waals surface area contributed by atoms with Gasteiger partial charge in [0, 0.05) is 18.3 Å². The van der Waals surface area contributed by atoms with Crippen LogP contribution in [0, 0.1) is 5.82 Å². The maximum atomic E-state index is 15.4. The molecule has 0 saturated carbocycles.